The van der Waals surface area contributed by atoms with Crippen LogP contribution in [0.1, 0.15) is 34.5 Å². The highest BCUT2D eigenvalue weighted by molar-refractivity contribution is 5.96. The molecule has 0 unspecified atom stereocenters. The fourth-order valence-electron chi connectivity index (χ4n) is 4.65. The highest BCUT2D eigenvalue weighted by Crippen LogP contribution is 2.41. The van der Waals surface area contributed by atoms with E-state index in [2.05, 4.69) is 9.88 Å². The van der Waals surface area contributed by atoms with Gasteiger partial charge < -0.3 is 9.32 Å². The summed E-state index contributed by atoms with van der Waals surface area (Å²) >= 11 is 0. The van der Waals surface area contributed by atoms with Crippen molar-refractivity contribution in [2.45, 2.75) is 24.8 Å². The molecule has 0 bridgehead atoms. The highest BCUT2D eigenvalue weighted by atomic mass is 16.3. The summed E-state index contributed by atoms with van der Waals surface area (Å²) in [4.78, 5) is 26.5. The first-order valence-electron chi connectivity index (χ1n) is 10.1. The number of hydrogen-bond donors (Lipinski definition) is 0. The number of likely N-dealkylation sites (tertiary alicyclic amines) is 1. The Hall–Kier alpha value is -2.99. The number of piperidine rings is 1. The molecule has 5 rings (SSSR count). The first-order valence-corrected chi connectivity index (χ1v) is 10.1. The minimum atomic E-state index is -0.114. The smallest absolute Gasteiger partial charge is 0.257 e. The van der Waals surface area contributed by atoms with E-state index in [0.717, 1.165) is 43.7 Å². The van der Waals surface area contributed by atoms with Crippen LogP contribution in [-0.4, -0.2) is 52.4 Å². The Bertz CT molecular complexity index is 1010. The molecule has 6 heteroatoms. The first-order chi connectivity index (χ1) is 14.1. The lowest BCUT2D eigenvalue weighted by atomic mass is 9.71. The molecule has 2 aliphatic rings. The van der Waals surface area contributed by atoms with E-state index in [-0.39, 0.29) is 11.3 Å². The molecule has 3 aromatic rings. The molecule has 4 heterocycles. The van der Waals surface area contributed by atoms with Crippen LogP contribution in [0.5, 0.6) is 0 Å². The average molecular weight is 388 g/mol. The molecule has 0 radical (unpaired) electrons. The van der Waals surface area contributed by atoms with Gasteiger partial charge in [-0.3, -0.25) is 9.69 Å². The van der Waals surface area contributed by atoms with Gasteiger partial charge in [-0.25, -0.2) is 9.97 Å². The molecule has 29 heavy (non-hydrogen) atoms. The number of benzene rings is 1. The van der Waals surface area contributed by atoms with Crippen LogP contribution in [0, 0.1) is 0 Å². The molecule has 1 spiro atoms. The van der Waals surface area contributed by atoms with Crippen LogP contribution in [0.15, 0.2) is 59.5 Å². The molecule has 1 saturated heterocycles. The molecule has 0 aliphatic carbocycles. The lowest BCUT2D eigenvalue weighted by molar-refractivity contribution is 0.0624. The van der Waals surface area contributed by atoms with Gasteiger partial charge in [0.05, 0.1) is 23.8 Å². The van der Waals surface area contributed by atoms with Crippen LogP contribution in [0.3, 0.4) is 0 Å². The van der Waals surface area contributed by atoms with Crippen molar-refractivity contribution >= 4 is 5.91 Å². The molecule has 0 N–H and O–H groups in total. The molecule has 0 saturated carbocycles. The number of amides is 1. The predicted octanol–water partition coefficient (Wildman–Crippen LogP) is 3.36. The summed E-state index contributed by atoms with van der Waals surface area (Å²) in [5.41, 5.74) is 3.65. The SMILES string of the molecule is CN1CC2(CCN(Cc3ccoc3)CC2)c2nc(-c3ccccc3)ncc2C1=O. The van der Waals surface area contributed by atoms with Crippen LogP contribution in [0.4, 0.5) is 0 Å². The summed E-state index contributed by atoms with van der Waals surface area (Å²) in [5, 5.41) is 0. The van der Waals surface area contributed by atoms with Gasteiger partial charge >= 0.3 is 0 Å². The van der Waals surface area contributed by atoms with Crippen molar-refractivity contribution in [1.29, 1.82) is 0 Å². The van der Waals surface area contributed by atoms with Crippen molar-refractivity contribution in [2.24, 2.45) is 0 Å². The summed E-state index contributed by atoms with van der Waals surface area (Å²) in [7, 11) is 1.88. The van der Waals surface area contributed by atoms with E-state index in [1.165, 1.54) is 5.56 Å². The van der Waals surface area contributed by atoms with Crippen LogP contribution >= 0.6 is 0 Å². The zero-order chi connectivity index (χ0) is 19.8. The predicted molar refractivity (Wildman–Crippen MR) is 109 cm³/mol. The summed E-state index contributed by atoms with van der Waals surface area (Å²) < 4.78 is 5.21. The van der Waals surface area contributed by atoms with Gasteiger partial charge in [0.2, 0.25) is 0 Å². The largest absolute Gasteiger partial charge is 0.472 e. The van der Waals surface area contributed by atoms with E-state index in [4.69, 9.17) is 9.40 Å². The standard InChI is InChI=1S/C23H24N4O2/c1-26-16-23(8-10-27(11-9-23)14-17-7-12-29-15-17)20-19(22(26)28)13-24-21(25-20)18-5-3-2-4-6-18/h2-7,12-13,15H,8-11,14,16H2,1H3. The summed E-state index contributed by atoms with van der Waals surface area (Å²) in [6.45, 7) is 3.55. The Kier molecular flexibility index (Phi) is 4.43. The maximum atomic E-state index is 12.8. The quantitative estimate of drug-likeness (QED) is 0.689. The molecule has 1 fully saturated rings. The lowest BCUT2D eigenvalue weighted by Crippen LogP contribution is -2.53. The lowest BCUT2D eigenvalue weighted by Gasteiger charge is -2.46. The molecule has 2 aromatic heterocycles. The summed E-state index contributed by atoms with van der Waals surface area (Å²) in [6.07, 6.45) is 7.20. The van der Waals surface area contributed by atoms with E-state index in [1.807, 2.05) is 54.6 Å². The van der Waals surface area contributed by atoms with Crippen molar-refractivity contribution in [3.05, 3.63) is 71.9 Å². The highest BCUT2D eigenvalue weighted by Gasteiger charge is 2.45. The van der Waals surface area contributed by atoms with Crippen LogP contribution in [-0.2, 0) is 12.0 Å². The van der Waals surface area contributed by atoms with Gasteiger partial charge in [-0.1, -0.05) is 30.3 Å². The Balaban J connectivity index is 1.47. The van der Waals surface area contributed by atoms with Crippen molar-refractivity contribution in [3.63, 3.8) is 0 Å². The zero-order valence-electron chi connectivity index (χ0n) is 16.5. The van der Waals surface area contributed by atoms with Crippen LogP contribution in [0.2, 0.25) is 0 Å². The Morgan fingerprint density at radius 2 is 1.93 bits per heavy atom. The number of carbonyl (C=O) groups excluding carboxylic acids is 1. The maximum Gasteiger partial charge on any atom is 0.257 e. The third-order valence-corrected chi connectivity index (χ3v) is 6.24. The summed E-state index contributed by atoms with van der Waals surface area (Å²) in [5.74, 6) is 0.716. The molecule has 148 valence electrons. The van der Waals surface area contributed by atoms with Crippen LogP contribution in [0.25, 0.3) is 11.4 Å². The summed E-state index contributed by atoms with van der Waals surface area (Å²) in [6, 6.07) is 12.0. The van der Waals surface area contributed by atoms with Gasteiger partial charge in [-0.15, -0.1) is 0 Å². The average Bonchev–Trinajstić information content (AvgIpc) is 3.27. The number of rotatable bonds is 3. The first kappa shape index (κ1) is 18.1. The molecule has 2 aliphatic heterocycles. The van der Waals surface area contributed by atoms with Gasteiger partial charge in [0.1, 0.15) is 0 Å². The van der Waals surface area contributed by atoms with E-state index in [9.17, 15) is 4.79 Å². The van der Waals surface area contributed by atoms with E-state index < -0.39 is 0 Å². The van der Waals surface area contributed by atoms with Crippen molar-refractivity contribution < 1.29 is 9.21 Å². The third kappa shape index (κ3) is 3.23. The molecule has 0 atom stereocenters. The second kappa shape index (κ2) is 7.12. The van der Waals surface area contributed by atoms with Crippen LogP contribution < -0.4 is 0 Å². The number of fused-ring (bicyclic) bond motifs is 2. The second-order valence-corrected chi connectivity index (χ2v) is 8.17. The molecule has 6 nitrogen and oxygen atoms in total. The number of furan rings is 1. The number of hydrogen-bond acceptors (Lipinski definition) is 5. The monoisotopic (exact) mass is 388 g/mol. The molecular weight excluding hydrogens is 364 g/mol. The van der Waals surface area contributed by atoms with Gasteiger partial charge in [0.25, 0.3) is 5.91 Å². The van der Waals surface area contributed by atoms with E-state index >= 15 is 0 Å². The zero-order valence-corrected chi connectivity index (χ0v) is 16.5. The van der Waals surface area contributed by atoms with E-state index in [1.54, 1.807) is 12.5 Å². The van der Waals surface area contributed by atoms with Gasteiger partial charge in [0.15, 0.2) is 5.82 Å². The Labute approximate surface area is 170 Å². The number of nitrogens with zero attached hydrogens (tertiary/aromatic N) is 4. The number of aromatic nitrogens is 2. The molecule has 1 amide bonds. The molecule has 1 aromatic carbocycles. The third-order valence-electron chi connectivity index (χ3n) is 6.24. The topological polar surface area (TPSA) is 62.5 Å². The number of carbonyl (C=O) groups is 1. The van der Waals surface area contributed by atoms with Crippen molar-refractivity contribution in [2.75, 3.05) is 26.7 Å². The van der Waals surface area contributed by atoms with Crippen molar-refractivity contribution in [3.8, 4) is 11.4 Å². The van der Waals surface area contributed by atoms with Crippen molar-refractivity contribution in [1.82, 2.24) is 19.8 Å². The van der Waals surface area contributed by atoms with Gasteiger partial charge in [-0.2, -0.15) is 0 Å². The Morgan fingerprint density at radius 1 is 1.14 bits per heavy atom. The Morgan fingerprint density at radius 3 is 2.66 bits per heavy atom. The molecular formula is C23H24N4O2. The fraction of sp³-hybridized carbons (Fsp3) is 0.348. The number of likely N-dealkylation sites (N-methyl/N-ethyl adjacent to an activating group) is 1. The minimum Gasteiger partial charge on any atom is -0.472 e. The maximum absolute atomic E-state index is 12.8. The van der Waals surface area contributed by atoms with Gasteiger partial charge in [-0.05, 0) is 32.0 Å². The minimum absolute atomic E-state index is 0.0195. The second-order valence-electron chi connectivity index (χ2n) is 8.17. The van der Waals surface area contributed by atoms with E-state index in [0.29, 0.717) is 17.9 Å². The van der Waals surface area contributed by atoms with Gasteiger partial charge in [0, 0.05) is 42.9 Å². The normalized spacial score (nSPS) is 18.8. The fourth-order valence-corrected chi connectivity index (χ4v) is 4.65.